The van der Waals surface area contributed by atoms with Gasteiger partial charge in [0.15, 0.2) is 0 Å². The Morgan fingerprint density at radius 3 is 2.73 bits per heavy atom. The topological polar surface area (TPSA) is 79.3 Å². The van der Waals surface area contributed by atoms with Gasteiger partial charge in [0.1, 0.15) is 5.65 Å². The van der Waals surface area contributed by atoms with Gasteiger partial charge in [-0.15, -0.1) is 0 Å². The molecular formula is C23H26N6O. The van der Waals surface area contributed by atoms with E-state index in [1.165, 1.54) is 0 Å². The van der Waals surface area contributed by atoms with Crippen molar-refractivity contribution in [3.8, 4) is 6.07 Å². The molecule has 1 aliphatic rings. The van der Waals surface area contributed by atoms with E-state index >= 15 is 0 Å². The molecular weight excluding hydrogens is 376 g/mol. The third-order valence-electron chi connectivity index (χ3n) is 6.17. The smallest absolute Gasteiger partial charge is 0.324 e. The fourth-order valence-electron chi connectivity index (χ4n) is 4.24. The number of carbonyl (C=O) groups is 1. The number of hydrogen-bond donors (Lipinski definition) is 1. The van der Waals surface area contributed by atoms with Crippen molar-refractivity contribution in [1.29, 1.82) is 5.26 Å². The second kappa shape index (κ2) is 8.07. The Hall–Kier alpha value is -3.53. The zero-order valence-electron chi connectivity index (χ0n) is 17.5. The number of aromatic nitrogens is 2. The average Bonchev–Trinajstić information content (AvgIpc) is 3.27. The number of likely N-dealkylation sites (tertiary alicyclic amines) is 1. The van der Waals surface area contributed by atoms with Crippen LogP contribution >= 0.6 is 0 Å². The van der Waals surface area contributed by atoms with Gasteiger partial charge in [-0.1, -0.05) is 6.92 Å². The van der Waals surface area contributed by atoms with Crippen LogP contribution in [0.2, 0.25) is 0 Å². The minimum atomic E-state index is -0.0217. The second-order valence-electron chi connectivity index (χ2n) is 7.96. The van der Waals surface area contributed by atoms with Crippen LogP contribution in [0.5, 0.6) is 0 Å². The number of benzene rings is 1. The molecule has 2 atom stereocenters. The van der Waals surface area contributed by atoms with E-state index in [9.17, 15) is 4.79 Å². The van der Waals surface area contributed by atoms with Crippen molar-refractivity contribution in [2.45, 2.75) is 19.4 Å². The number of carbonyl (C=O) groups excluding carboxylic acids is 1. The minimum Gasteiger partial charge on any atom is -0.369 e. The lowest BCUT2D eigenvalue weighted by molar-refractivity contribution is 0.168. The number of nitrogens with one attached hydrogen (secondary N) is 1. The number of anilines is 2. The molecule has 1 saturated heterocycles. The Balaban J connectivity index is 1.53. The Labute approximate surface area is 176 Å². The van der Waals surface area contributed by atoms with Crippen LogP contribution in [0.4, 0.5) is 16.2 Å². The van der Waals surface area contributed by atoms with Crippen LogP contribution in [-0.4, -0.2) is 54.1 Å². The maximum atomic E-state index is 13.2. The number of fused-ring (bicyclic) bond motifs is 1. The van der Waals surface area contributed by atoms with Gasteiger partial charge >= 0.3 is 6.03 Å². The molecule has 3 heterocycles. The molecule has 154 valence electrons. The van der Waals surface area contributed by atoms with Crippen LogP contribution < -0.4 is 9.80 Å². The lowest BCUT2D eigenvalue weighted by Gasteiger charge is -2.43. The summed E-state index contributed by atoms with van der Waals surface area (Å²) in [5.41, 5.74) is 3.36. The molecule has 30 heavy (non-hydrogen) atoms. The van der Waals surface area contributed by atoms with Crippen molar-refractivity contribution in [1.82, 2.24) is 14.9 Å². The molecule has 0 radical (unpaired) electrons. The normalized spacial score (nSPS) is 18.8. The molecule has 1 aliphatic heterocycles. The monoisotopic (exact) mass is 402 g/mol. The van der Waals surface area contributed by atoms with Gasteiger partial charge in [-0.25, -0.2) is 9.78 Å². The van der Waals surface area contributed by atoms with Crippen molar-refractivity contribution in [3.63, 3.8) is 0 Å². The van der Waals surface area contributed by atoms with Crippen molar-refractivity contribution in [2.24, 2.45) is 5.92 Å². The summed E-state index contributed by atoms with van der Waals surface area (Å²) in [5, 5.41) is 10.1. The molecule has 1 aromatic carbocycles. The van der Waals surface area contributed by atoms with Gasteiger partial charge in [-0.05, 0) is 48.7 Å². The summed E-state index contributed by atoms with van der Waals surface area (Å²) < 4.78 is 0. The first kappa shape index (κ1) is 19.8. The van der Waals surface area contributed by atoms with Gasteiger partial charge in [-0.3, -0.25) is 4.90 Å². The zero-order valence-corrected chi connectivity index (χ0v) is 17.5. The van der Waals surface area contributed by atoms with E-state index in [0.29, 0.717) is 18.0 Å². The predicted octanol–water partition coefficient (Wildman–Crippen LogP) is 3.84. The number of nitrogens with zero attached hydrogens (tertiary/aromatic N) is 5. The number of hydrogen-bond acceptors (Lipinski definition) is 4. The van der Waals surface area contributed by atoms with E-state index in [4.69, 9.17) is 5.26 Å². The molecule has 1 fully saturated rings. The average molecular weight is 403 g/mol. The van der Waals surface area contributed by atoms with Crippen molar-refractivity contribution in [3.05, 3.63) is 54.4 Å². The van der Waals surface area contributed by atoms with Gasteiger partial charge in [-0.2, -0.15) is 5.26 Å². The molecule has 2 aromatic heterocycles. The summed E-state index contributed by atoms with van der Waals surface area (Å²) in [7, 11) is 3.88. The molecule has 2 unspecified atom stereocenters. The highest BCUT2D eigenvalue weighted by molar-refractivity contribution is 5.92. The molecule has 1 N–H and O–H groups in total. The van der Waals surface area contributed by atoms with Crippen molar-refractivity contribution in [2.75, 3.05) is 37.0 Å². The number of urea groups is 1. The molecule has 3 aromatic rings. The number of H-pyrrole nitrogens is 1. The quantitative estimate of drug-likeness (QED) is 0.722. The van der Waals surface area contributed by atoms with Gasteiger partial charge < -0.3 is 14.8 Å². The van der Waals surface area contributed by atoms with E-state index in [0.717, 1.165) is 35.4 Å². The fourth-order valence-corrected chi connectivity index (χ4v) is 4.24. The number of likely N-dealkylation sites (N-methyl/N-ethyl adjacent to an activating group) is 1. The third kappa shape index (κ3) is 3.57. The summed E-state index contributed by atoms with van der Waals surface area (Å²) in [6, 6.07) is 13.5. The molecule has 2 amide bonds. The predicted molar refractivity (Wildman–Crippen MR) is 119 cm³/mol. The van der Waals surface area contributed by atoms with Crippen LogP contribution in [0.1, 0.15) is 18.9 Å². The van der Waals surface area contributed by atoms with Crippen LogP contribution in [0.15, 0.2) is 48.8 Å². The standard InChI is InChI=1S/C23H26N6O/c1-16-10-13-29(23(30)27(2)18-6-4-17(14-24)5-7-18)15-21(16)28(3)20-9-12-26-22-19(20)8-11-25-22/h4-9,11-12,16,21H,10,13,15H2,1-3H3,(H,25,26). The summed E-state index contributed by atoms with van der Waals surface area (Å²) in [5.74, 6) is 0.460. The Bertz CT molecular complexity index is 1080. The maximum absolute atomic E-state index is 13.2. The third-order valence-corrected chi connectivity index (χ3v) is 6.17. The first-order chi connectivity index (χ1) is 14.5. The number of amides is 2. The highest BCUT2D eigenvalue weighted by Crippen LogP contribution is 2.30. The molecule has 7 heteroatoms. The Morgan fingerprint density at radius 1 is 1.23 bits per heavy atom. The van der Waals surface area contributed by atoms with E-state index in [2.05, 4.69) is 34.9 Å². The van der Waals surface area contributed by atoms with Crippen molar-refractivity contribution >= 4 is 28.4 Å². The highest BCUT2D eigenvalue weighted by atomic mass is 16.2. The molecule has 4 rings (SSSR count). The van der Waals surface area contributed by atoms with E-state index in [1.54, 1.807) is 24.1 Å². The summed E-state index contributed by atoms with van der Waals surface area (Å²) in [6.07, 6.45) is 4.67. The van der Waals surface area contributed by atoms with Crippen LogP contribution in [0.3, 0.4) is 0 Å². The molecule has 0 bridgehead atoms. The maximum Gasteiger partial charge on any atom is 0.324 e. The first-order valence-corrected chi connectivity index (χ1v) is 10.2. The zero-order chi connectivity index (χ0) is 21.3. The van der Waals surface area contributed by atoms with Crippen molar-refractivity contribution < 1.29 is 4.79 Å². The van der Waals surface area contributed by atoms with Gasteiger partial charge in [0, 0.05) is 62.4 Å². The lowest BCUT2D eigenvalue weighted by atomic mass is 9.92. The SMILES string of the molecule is CC1CCN(C(=O)N(C)c2ccc(C#N)cc2)CC1N(C)c1ccnc2[nH]ccc12. The molecule has 0 saturated carbocycles. The van der Waals surface area contributed by atoms with Crippen LogP contribution in [0, 0.1) is 17.2 Å². The Kier molecular flexibility index (Phi) is 5.32. The molecule has 7 nitrogen and oxygen atoms in total. The summed E-state index contributed by atoms with van der Waals surface area (Å²) in [4.78, 5) is 26.6. The van der Waals surface area contributed by atoms with Gasteiger partial charge in [0.05, 0.1) is 11.6 Å². The van der Waals surface area contributed by atoms with Gasteiger partial charge in [0.2, 0.25) is 0 Å². The molecule has 0 spiro atoms. The number of aromatic amines is 1. The number of pyridine rings is 1. The summed E-state index contributed by atoms with van der Waals surface area (Å²) >= 11 is 0. The Morgan fingerprint density at radius 2 is 2.00 bits per heavy atom. The largest absolute Gasteiger partial charge is 0.369 e. The van der Waals surface area contributed by atoms with E-state index in [1.807, 2.05) is 41.6 Å². The minimum absolute atomic E-state index is 0.0217. The van der Waals surface area contributed by atoms with Crippen LogP contribution in [-0.2, 0) is 0 Å². The van der Waals surface area contributed by atoms with Crippen LogP contribution in [0.25, 0.3) is 11.0 Å². The number of nitriles is 1. The number of piperidine rings is 1. The molecule has 0 aliphatic carbocycles. The van der Waals surface area contributed by atoms with Gasteiger partial charge in [0.25, 0.3) is 0 Å². The lowest BCUT2D eigenvalue weighted by Crippen LogP contribution is -2.55. The second-order valence-corrected chi connectivity index (χ2v) is 7.96. The van der Waals surface area contributed by atoms with E-state index < -0.39 is 0 Å². The highest BCUT2D eigenvalue weighted by Gasteiger charge is 2.33. The summed E-state index contributed by atoms with van der Waals surface area (Å²) in [6.45, 7) is 3.65. The first-order valence-electron chi connectivity index (χ1n) is 10.2. The van der Waals surface area contributed by atoms with E-state index in [-0.39, 0.29) is 12.1 Å². The number of rotatable bonds is 3. The fraction of sp³-hybridized carbons (Fsp3) is 0.348.